The molecule has 29 heavy (non-hydrogen) atoms. The molecule has 9 nitrogen and oxygen atoms in total. The number of imide groups is 1. The highest BCUT2D eigenvalue weighted by molar-refractivity contribution is 8.00. The van der Waals surface area contributed by atoms with Crippen LogP contribution in [0.25, 0.3) is 22.1 Å². The molecular formula is C19H20N4O5S. The molecule has 0 aliphatic rings. The maximum Gasteiger partial charge on any atom is 0.413 e. The lowest BCUT2D eigenvalue weighted by atomic mass is 10.2. The molecule has 0 aliphatic carbocycles. The number of rotatable bonds is 7. The standard InChI is InChI=1S/C19H20N4O5S/c1-3-23(9-14(24)22-19(26)27-4-2)15(25)10-29-18-17-16(20-11-21-18)12-7-5-6-8-13(12)28-17/h5-8,11H,3-4,9-10H2,1-2H3,(H,22,24,26). The summed E-state index contributed by atoms with van der Waals surface area (Å²) >= 11 is 1.21. The van der Waals surface area contributed by atoms with Crippen molar-refractivity contribution in [1.29, 1.82) is 0 Å². The van der Waals surface area contributed by atoms with Crippen LogP contribution in [0.1, 0.15) is 13.8 Å². The molecule has 152 valence electrons. The van der Waals surface area contributed by atoms with E-state index in [1.54, 1.807) is 13.8 Å². The molecule has 0 radical (unpaired) electrons. The molecule has 0 bridgehead atoms. The van der Waals surface area contributed by atoms with Crippen LogP contribution >= 0.6 is 11.8 Å². The third-order valence-corrected chi connectivity index (χ3v) is 5.00. The number of hydrogen-bond donors (Lipinski definition) is 1. The number of nitrogens with one attached hydrogen (secondary N) is 1. The van der Waals surface area contributed by atoms with Crippen LogP contribution in [-0.4, -0.2) is 58.2 Å². The molecular weight excluding hydrogens is 396 g/mol. The number of para-hydroxylation sites is 1. The van der Waals surface area contributed by atoms with Gasteiger partial charge in [0, 0.05) is 11.9 Å². The summed E-state index contributed by atoms with van der Waals surface area (Å²) < 4.78 is 10.5. The van der Waals surface area contributed by atoms with Crippen molar-refractivity contribution in [3.8, 4) is 0 Å². The molecule has 0 atom stereocenters. The maximum atomic E-state index is 12.5. The molecule has 0 saturated heterocycles. The molecule has 1 N–H and O–H groups in total. The van der Waals surface area contributed by atoms with Gasteiger partial charge in [0.1, 0.15) is 29.0 Å². The second-order valence-corrected chi connectivity index (χ2v) is 6.88. The van der Waals surface area contributed by atoms with E-state index in [1.165, 1.54) is 23.0 Å². The van der Waals surface area contributed by atoms with Crippen molar-refractivity contribution < 1.29 is 23.5 Å². The van der Waals surface area contributed by atoms with E-state index in [1.807, 2.05) is 24.3 Å². The van der Waals surface area contributed by atoms with Crippen LogP contribution in [0.5, 0.6) is 0 Å². The second kappa shape index (κ2) is 9.37. The normalized spacial score (nSPS) is 10.8. The van der Waals surface area contributed by atoms with Crippen molar-refractivity contribution in [2.45, 2.75) is 18.9 Å². The third-order valence-electron chi connectivity index (χ3n) is 4.04. The summed E-state index contributed by atoms with van der Waals surface area (Å²) in [7, 11) is 0. The predicted molar refractivity (Wildman–Crippen MR) is 107 cm³/mol. The Labute approximate surface area is 170 Å². The van der Waals surface area contributed by atoms with E-state index in [4.69, 9.17) is 4.42 Å². The number of hydrogen-bond acceptors (Lipinski definition) is 8. The van der Waals surface area contributed by atoms with E-state index in [0.29, 0.717) is 28.3 Å². The zero-order chi connectivity index (χ0) is 20.8. The van der Waals surface area contributed by atoms with Crippen LogP contribution in [0.3, 0.4) is 0 Å². The minimum atomic E-state index is -0.830. The van der Waals surface area contributed by atoms with E-state index < -0.39 is 12.0 Å². The third kappa shape index (κ3) is 4.83. The number of carbonyl (C=O) groups excluding carboxylic acids is 3. The van der Waals surface area contributed by atoms with E-state index in [0.717, 1.165) is 5.39 Å². The number of fused-ring (bicyclic) bond motifs is 3. The molecule has 0 fully saturated rings. The molecule has 3 aromatic rings. The first-order valence-electron chi connectivity index (χ1n) is 9.02. The molecule has 0 aliphatic heterocycles. The van der Waals surface area contributed by atoms with Gasteiger partial charge in [0.25, 0.3) is 0 Å². The molecule has 0 spiro atoms. The summed E-state index contributed by atoms with van der Waals surface area (Å²) in [6.07, 6.45) is 0.602. The molecule has 3 rings (SSSR count). The van der Waals surface area contributed by atoms with Crippen LogP contribution in [0.2, 0.25) is 0 Å². The van der Waals surface area contributed by atoms with E-state index in [2.05, 4.69) is 20.0 Å². The SMILES string of the molecule is CCOC(=O)NC(=O)CN(CC)C(=O)CSc1ncnc2c1oc1ccccc12. The fourth-order valence-electron chi connectivity index (χ4n) is 2.70. The fraction of sp³-hybridized carbons (Fsp3) is 0.316. The van der Waals surface area contributed by atoms with Gasteiger partial charge >= 0.3 is 6.09 Å². The highest BCUT2D eigenvalue weighted by Crippen LogP contribution is 2.32. The van der Waals surface area contributed by atoms with Gasteiger partial charge in [0.15, 0.2) is 5.58 Å². The lowest BCUT2D eigenvalue weighted by Gasteiger charge is -2.19. The summed E-state index contributed by atoms with van der Waals surface area (Å²) in [4.78, 5) is 45.6. The van der Waals surface area contributed by atoms with Crippen molar-refractivity contribution >= 4 is 51.7 Å². The second-order valence-electron chi connectivity index (χ2n) is 5.92. The summed E-state index contributed by atoms with van der Waals surface area (Å²) in [5.41, 5.74) is 1.91. The van der Waals surface area contributed by atoms with E-state index in [9.17, 15) is 14.4 Å². The molecule has 0 saturated carbocycles. The number of furan rings is 1. The zero-order valence-electron chi connectivity index (χ0n) is 16.0. The van der Waals surface area contributed by atoms with Gasteiger partial charge in [-0.25, -0.2) is 14.8 Å². The lowest BCUT2D eigenvalue weighted by molar-refractivity contribution is -0.133. The van der Waals surface area contributed by atoms with Gasteiger partial charge in [-0.15, -0.1) is 0 Å². The first-order valence-corrected chi connectivity index (χ1v) is 10.0. The van der Waals surface area contributed by atoms with Gasteiger partial charge in [-0.05, 0) is 26.0 Å². The van der Waals surface area contributed by atoms with Gasteiger partial charge < -0.3 is 14.1 Å². The van der Waals surface area contributed by atoms with Crippen molar-refractivity contribution in [1.82, 2.24) is 20.2 Å². The Balaban J connectivity index is 1.66. The van der Waals surface area contributed by atoms with Gasteiger partial charge in [-0.1, -0.05) is 23.9 Å². The first kappa shape index (κ1) is 20.6. The summed E-state index contributed by atoms with van der Waals surface area (Å²) in [6, 6.07) is 7.53. The van der Waals surface area contributed by atoms with Crippen molar-refractivity contribution in [3.63, 3.8) is 0 Å². The van der Waals surface area contributed by atoms with Crippen molar-refractivity contribution in [2.75, 3.05) is 25.4 Å². The van der Waals surface area contributed by atoms with Gasteiger partial charge in [0.05, 0.1) is 12.4 Å². The number of ether oxygens (including phenoxy) is 1. The Bertz CT molecular complexity index is 1050. The van der Waals surface area contributed by atoms with Crippen molar-refractivity contribution in [2.24, 2.45) is 0 Å². The number of thioether (sulfide) groups is 1. The summed E-state index contributed by atoms with van der Waals surface area (Å²) in [6.45, 7) is 3.62. The highest BCUT2D eigenvalue weighted by atomic mass is 32.2. The molecule has 0 unspecified atom stereocenters. The largest absolute Gasteiger partial charge is 0.451 e. The maximum absolute atomic E-state index is 12.5. The quantitative estimate of drug-likeness (QED) is 0.462. The average Bonchev–Trinajstić information content (AvgIpc) is 3.09. The predicted octanol–water partition coefficient (Wildman–Crippen LogP) is 2.59. The van der Waals surface area contributed by atoms with Crippen LogP contribution in [0, 0.1) is 0 Å². The lowest BCUT2D eigenvalue weighted by Crippen LogP contribution is -2.43. The monoisotopic (exact) mass is 416 g/mol. The number of amides is 3. The van der Waals surface area contributed by atoms with Gasteiger partial charge in [0.2, 0.25) is 11.8 Å². The average molecular weight is 416 g/mol. The smallest absolute Gasteiger partial charge is 0.413 e. The molecule has 2 aromatic heterocycles. The number of alkyl carbamates (subject to hydrolysis) is 1. The number of likely N-dealkylation sites (N-methyl/N-ethyl adjacent to an activating group) is 1. The van der Waals surface area contributed by atoms with Crippen LogP contribution in [0.4, 0.5) is 4.79 Å². The molecule has 2 heterocycles. The van der Waals surface area contributed by atoms with Gasteiger partial charge in [-0.3, -0.25) is 14.9 Å². The van der Waals surface area contributed by atoms with E-state index in [-0.39, 0.29) is 24.8 Å². The topological polar surface area (TPSA) is 115 Å². The molecule has 1 aromatic carbocycles. The highest BCUT2D eigenvalue weighted by Gasteiger charge is 2.19. The Morgan fingerprint density at radius 3 is 2.76 bits per heavy atom. The Kier molecular flexibility index (Phi) is 6.65. The number of aromatic nitrogens is 2. The van der Waals surface area contributed by atoms with Crippen LogP contribution < -0.4 is 5.32 Å². The van der Waals surface area contributed by atoms with Crippen molar-refractivity contribution in [3.05, 3.63) is 30.6 Å². The molecule has 10 heteroatoms. The first-order chi connectivity index (χ1) is 14.0. The van der Waals surface area contributed by atoms with Crippen LogP contribution in [0.15, 0.2) is 40.0 Å². The Morgan fingerprint density at radius 2 is 2.00 bits per heavy atom. The zero-order valence-corrected chi connectivity index (χ0v) is 16.8. The number of nitrogens with zero attached hydrogens (tertiary/aromatic N) is 3. The molecule has 3 amide bonds. The Hall–Kier alpha value is -3.14. The number of carbonyl (C=O) groups is 3. The number of benzene rings is 1. The summed E-state index contributed by atoms with van der Waals surface area (Å²) in [5, 5.41) is 3.50. The minimum absolute atomic E-state index is 0.0592. The minimum Gasteiger partial charge on any atom is -0.451 e. The van der Waals surface area contributed by atoms with Gasteiger partial charge in [-0.2, -0.15) is 0 Å². The van der Waals surface area contributed by atoms with E-state index >= 15 is 0 Å². The van der Waals surface area contributed by atoms with Crippen LogP contribution in [-0.2, 0) is 14.3 Å². The summed E-state index contributed by atoms with van der Waals surface area (Å²) in [5.74, 6) is -0.811. The Morgan fingerprint density at radius 1 is 1.21 bits per heavy atom. The fourth-order valence-corrected chi connectivity index (χ4v) is 3.53.